The second kappa shape index (κ2) is 9.22. The van der Waals surface area contributed by atoms with Crippen molar-refractivity contribution in [2.75, 3.05) is 4.90 Å². The summed E-state index contributed by atoms with van der Waals surface area (Å²) in [4.78, 5) is 32.5. The van der Waals surface area contributed by atoms with Crippen LogP contribution in [0.1, 0.15) is 29.0 Å². The molecule has 38 heavy (non-hydrogen) atoms. The topological polar surface area (TPSA) is 97.9 Å². The number of amides is 2. The van der Waals surface area contributed by atoms with Gasteiger partial charge in [0.2, 0.25) is 5.91 Å². The maximum Gasteiger partial charge on any atom is 0.253 e. The van der Waals surface area contributed by atoms with Crippen LogP contribution in [0.5, 0.6) is 0 Å². The van der Waals surface area contributed by atoms with Gasteiger partial charge in [0.25, 0.3) is 5.91 Å². The van der Waals surface area contributed by atoms with E-state index < -0.39 is 18.0 Å². The van der Waals surface area contributed by atoms with Crippen molar-refractivity contribution in [3.63, 3.8) is 0 Å². The molecule has 1 N–H and O–H groups in total. The van der Waals surface area contributed by atoms with E-state index in [0.29, 0.717) is 16.9 Å². The van der Waals surface area contributed by atoms with E-state index in [9.17, 15) is 14.0 Å². The Morgan fingerprint density at radius 3 is 2.53 bits per heavy atom. The van der Waals surface area contributed by atoms with Crippen molar-refractivity contribution in [3.8, 4) is 5.69 Å². The van der Waals surface area contributed by atoms with Crippen LogP contribution in [0.2, 0.25) is 0 Å². The number of pyridine rings is 1. The molecule has 10 heteroatoms. The van der Waals surface area contributed by atoms with Gasteiger partial charge in [-0.15, -0.1) is 0 Å². The molecule has 0 bridgehead atoms. The lowest BCUT2D eigenvalue weighted by Crippen LogP contribution is -2.42. The van der Waals surface area contributed by atoms with E-state index in [-0.39, 0.29) is 17.6 Å². The van der Waals surface area contributed by atoms with E-state index in [0.717, 1.165) is 16.6 Å². The van der Waals surface area contributed by atoms with Crippen molar-refractivity contribution >= 4 is 28.4 Å². The monoisotopic (exact) mass is 509 g/mol. The average molecular weight is 510 g/mol. The summed E-state index contributed by atoms with van der Waals surface area (Å²) in [6.45, 7) is 1.82. The molecule has 4 heterocycles. The SMILES string of the molecule is CC1C(=O)N(c2ccc3c(cnn3-c3ccc(F)cc3)c2)C(c2ccn(C)n2)[C@H]1NC(=O)c1cccnc1. The van der Waals surface area contributed by atoms with E-state index in [4.69, 9.17) is 0 Å². The number of hydrogen-bond acceptors (Lipinski definition) is 5. The van der Waals surface area contributed by atoms with E-state index in [1.165, 1.54) is 18.3 Å². The Hall–Kier alpha value is -4.86. The standard InChI is InChI=1S/C28H24FN7O2/c1-17-25(32-27(37)18-4-3-12-30-15-18)26(23-11-13-34(2)33-23)35(28(17)38)22-9-10-24-19(14-22)16-31-36(24)21-7-5-20(29)6-8-21/h3-17,25-26H,1-2H3,(H,32,37)/t17?,25-,26?/m0/s1. The zero-order valence-electron chi connectivity index (χ0n) is 20.7. The van der Waals surface area contributed by atoms with E-state index in [1.807, 2.05) is 44.4 Å². The molecule has 1 aliphatic heterocycles. The molecule has 2 amide bonds. The number of nitrogens with one attached hydrogen (secondary N) is 1. The normalized spacial score (nSPS) is 19.3. The summed E-state index contributed by atoms with van der Waals surface area (Å²) in [6, 6.07) is 15.9. The molecule has 0 radical (unpaired) electrons. The number of benzene rings is 2. The fraction of sp³-hybridized carbons (Fsp3) is 0.179. The molecule has 2 aromatic carbocycles. The molecule has 9 nitrogen and oxygen atoms in total. The minimum Gasteiger partial charge on any atom is -0.346 e. The molecular weight excluding hydrogens is 485 g/mol. The highest BCUT2D eigenvalue weighted by Crippen LogP contribution is 2.40. The second-order valence-corrected chi connectivity index (χ2v) is 9.37. The first kappa shape index (κ1) is 23.5. The zero-order chi connectivity index (χ0) is 26.4. The highest BCUT2D eigenvalue weighted by atomic mass is 19.1. The molecule has 1 saturated heterocycles. The lowest BCUT2D eigenvalue weighted by molar-refractivity contribution is -0.120. The van der Waals surface area contributed by atoms with E-state index >= 15 is 0 Å². The number of carbonyl (C=O) groups excluding carboxylic acids is 2. The van der Waals surface area contributed by atoms with Crippen LogP contribution in [0.3, 0.4) is 0 Å². The summed E-state index contributed by atoms with van der Waals surface area (Å²) in [6.07, 6.45) is 6.63. The number of rotatable bonds is 5. The highest BCUT2D eigenvalue weighted by molar-refractivity contribution is 6.02. The van der Waals surface area contributed by atoms with Gasteiger partial charge in [0.1, 0.15) is 11.9 Å². The predicted octanol–water partition coefficient (Wildman–Crippen LogP) is 3.82. The number of aryl methyl sites for hydroxylation is 1. The Kier molecular flexibility index (Phi) is 5.71. The molecule has 0 spiro atoms. The number of anilines is 1. The van der Waals surface area contributed by atoms with Crippen LogP contribution in [0.4, 0.5) is 10.1 Å². The number of halogens is 1. The zero-order valence-corrected chi connectivity index (χ0v) is 20.7. The maximum atomic E-state index is 13.7. The van der Waals surface area contributed by atoms with Gasteiger partial charge >= 0.3 is 0 Å². The molecule has 2 unspecified atom stereocenters. The number of nitrogens with zero attached hydrogens (tertiary/aromatic N) is 6. The van der Waals surface area contributed by atoms with Gasteiger partial charge in [0, 0.05) is 36.7 Å². The molecule has 3 aromatic heterocycles. The molecule has 0 saturated carbocycles. The Labute approximate surface area is 217 Å². The van der Waals surface area contributed by atoms with Gasteiger partial charge in [-0.2, -0.15) is 10.2 Å². The lowest BCUT2D eigenvalue weighted by atomic mass is 9.97. The van der Waals surface area contributed by atoms with Crippen LogP contribution in [0, 0.1) is 11.7 Å². The molecule has 1 fully saturated rings. The molecule has 5 aromatic rings. The van der Waals surface area contributed by atoms with Gasteiger partial charge in [-0.3, -0.25) is 19.3 Å². The quantitative estimate of drug-likeness (QED) is 0.389. The van der Waals surface area contributed by atoms with Crippen LogP contribution < -0.4 is 10.2 Å². The third kappa shape index (κ3) is 4.00. The van der Waals surface area contributed by atoms with E-state index in [1.54, 1.807) is 50.9 Å². The highest BCUT2D eigenvalue weighted by Gasteiger charge is 2.49. The maximum absolute atomic E-state index is 13.7. The van der Waals surface area contributed by atoms with Crippen molar-refractivity contribution < 1.29 is 14.0 Å². The Morgan fingerprint density at radius 1 is 1.03 bits per heavy atom. The minimum absolute atomic E-state index is 0.123. The van der Waals surface area contributed by atoms with Gasteiger partial charge in [-0.1, -0.05) is 6.92 Å². The minimum atomic E-state index is -0.525. The van der Waals surface area contributed by atoms with Crippen LogP contribution in [-0.2, 0) is 11.8 Å². The number of aromatic nitrogens is 5. The van der Waals surface area contributed by atoms with Gasteiger partial charge in [-0.05, 0) is 60.7 Å². The first-order valence-electron chi connectivity index (χ1n) is 12.2. The second-order valence-electron chi connectivity index (χ2n) is 9.37. The van der Waals surface area contributed by atoms with Crippen LogP contribution in [-0.4, -0.2) is 42.4 Å². The van der Waals surface area contributed by atoms with Crippen molar-refractivity contribution in [2.24, 2.45) is 13.0 Å². The predicted molar refractivity (Wildman–Crippen MR) is 139 cm³/mol. The van der Waals surface area contributed by atoms with Gasteiger partial charge in [-0.25, -0.2) is 9.07 Å². The third-order valence-electron chi connectivity index (χ3n) is 6.94. The van der Waals surface area contributed by atoms with Gasteiger partial charge in [0.05, 0.1) is 40.6 Å². The van der Waals surface area contributed by atoms with Crippen LogP contribution >= 0.6 is 0 Å². The Morgan fingerprint density at radius 2 is 1.82 bits per heavy atom. The van der Waals surface area contributed by atoms with Gasteiger partial charge < -0.3 is 10.2 Å². The lowest BCUT2D eigenvalue weighted by Gasteiger charge is -2.27. The summed E-state index contributed by atoms with van der Waals surface area (Å²) in [5.41, 5.74) is 3.30. The van der Waals surface area contributed by atoms with Crippen molar-refractivity contribution in [1.82, 2.24) is 29.9 Å². The molecule has 6 rings (SSSR count). The fourth-order valence-electron chi connectivity index (χ4n) is 5.03. The number of hydrogen-bond donors (Lipinski definition) is 1. The summed E-state index contributed by atoms with van der Waals surface area (Å²) in [5, 5.41) is 12.9. The third-order valence-corrected chi connectivity index (χ3v) is 6.94. The molecule has 1 aliphatic rings. The fourth-order valence-corrected chi connectivity index (χ4v) is 5.03. The largest absolute Gasteiger partial charge is 0.346 e. The molecule has 3 atom stereocenters. The first-order chi connectivity index (χ1) is 18.4. The van der Waals surface area contributed by atoms with Crippen molar-refractivity contribution in [3.05, 3.63) is 103 Å². The van der Waals surface area contributed by atoms with Crippen molar-refractivity contribution in [2.45, 2.75) is 19.0 Å². The van der Waals surface area contributed by atoms with Gasteiger partial charge in [0.15, 0.2) is 0 Å². The van der Waals surface area contributed by atoms with Crippen LogP contribution in [0.25, 0.3) is 16.6 Å². The summed E-state index contributed by atoms with van der Waals surface area (Å²) in [7, 11) is 1.81. The first-order valence-corrected chi connectivity index (χ1v) is 12.2. The molecule has 0 aliphatic carbocycles. The smallest absolute Gasteiger partial charge is 0.253 e. The van der Waals surface area contributed by atoms with Crippen molar-refractivity contribution in [1.29, 1.82) is 0 Å². The summed E-state index contributed by atoms with van der Waals surface area (Å²) >= 11 is 0. The molecule has 190 valence electrons. The number of carbonyl (C=O) groups is 2. The average Bonchev–Trinajstić information content (AvgIpc) is 3.62. The summed E-state index contributed by atoms with van der Waals surface area (Å²) < 4.78 is 16.8. The Bertz CT molecular complexity index is 1650. The Balaban J connectivity index is 1.39. The molecular formula is C28H24FN7O2. The number of fused-ring (bicyclic) bond motifs is 1. The summed E-state index contributed by atoms with van der Waals surface area (Å²) in [5.74, 6) is -1.25. The van der Waals surface area contributed by atoms with E-state index in [2.05, 4.69) is 20.5 Å². The van der Waals surface area contributed by atoms with Crippen LogP contribution in [0.15, 0.2) is 85.5 Å².